The minimum absolute atomic E-state index is 0.0491. The van der Waals surface area contributed by atoms with E-state index in [9.17, 15) is 4.79 Å². The lowest BCUT2D eigenvalue weighted by Gasteiger charge is -2.14. The molecule has 0 bridgehead atoms. The van der Waals surface area contributed by atoms with Gasteiger partial charge < -0.3 is 35.6 Å². The molecule has 0 saturated carbocycles. The molecule has 2 rings (SSSR count). The Hall–Kier alpha value is -2.52. The second-order valence-electron chi connectivity index (χ2n) is 5.42. The van der Waals surface area contributed by atoms with Crippen molar-refractivity contribution in [3.63, 3.8) is 0 Å². The largest absolute Gasteiger partial charge is 0.461 e. The molecule has 1 amide bonds. The zero-order chi connectivity index (χ0) is 19.6. The zero-order valence-electron chi connectivity index (χ0n) is 14.8. The molecule has 6 N–H and O–H groups in total. The van der Waals surface area contributed by atoms with E-state index >= 15 is 0 Å². The monoisotopic (exact) mass is 395 g/mol. The number of hydrogen-bond acceptors (Lipinski definition) is 9. The Morgan fingerprint density at radius 2 is 1.96 bits per heavy atom. The SMILES string of the molecule is COCCOc1nc(NC=O)c(N)c(NCc2cccc(CP(O)O)c2)n1. The van der Waals surface area contributed by atoms with E-state index in [2.05, 4.69) is 20.6 Å². The van der Waals surface area contributed by atoms with Gasteiger partial charge in [-0.1, -0.05) is 24.3 Å². The van der Waals surface area contributed by atoms with Gasteiger partial charge in [-0.05, 0) is 11.1 Å². The average molecular weight is 395 g/mol. The highest BCUT2D eigenvalue weighted by molar-refractivity contribution is 7.44. The van der Waals surface area contributed by atoms with Gasteiger partial charge in [-0.2, -0.15) is 9.97 Å². The third-order valence-electron chi connectivity index (χ3n) is 3.41. The van der Waals surface area contributed by atoms with Crippen LogP contribution in [0.4, 0.5) is 17.3 Å². The average Bonchev–Trinajstić information content (AvgIpc) is 2.63. The number of carbonyl (C=O) groups is 1. The highest BCUT2D eigenvalue weighted by Crippen LogP contribution is 2.30. The van der Waals surface area contributed by atoms with Gasteiger partial charge in [0.25, 0.3) is 0 Å². The summed E-state index contributed by atoms with van der Waals surface area (Å²) < 4.78 is 10.3. The number of carbonyl (C=O) groups excluding carboxylic acids is 1. The number of hydrogen-bond donors (Lipinski definition) is 5. The van der Waals surface area contributed by atoms with Gasteiger partial charge in [0.15, 0.2) is 20.0 Å². The molecule has 10 nitrogen and oxygen atoms in total. The molecule has 0 saturated heterocycles. The van der Waals surface area contributed by atoms with Crippen LogP contribution in [0.5, 0.6) is 6.01 Å². The second kappa shape index (κ2) is 10.6. The van der Waals surface area contributed by atoms with E-state index in [-0.39, 0.29) is 30.3 Å². The Balaban J connectivity index is 2.15. The molecular formula is C16H22N5O5P. The van der Waals surface area contributed by atoms with E-state index in [0.717, 1.165) is 11.1 Å². The molecule has 1 aromatic carbocycles. The third kappa shape index (κ3) is 6.61. The highest BCUT2D eigenvalue weighted by atomic mass is 31.2. The molecule has 1 aromatic heterocycles. The Kier molecular flexibility index (Phi) is 8.15. The fraction of sp³-hybridized carbons (Fsp3) is 0.312. The summed E-state index contributed by atoms with van der Waals surface area (Å²) in [6.45, 7) is 0.980. The van der Waals surface area contributed by atoms with E-state index in [1.54, 1.807) is 7.11 Å². The van der Waals surface area contributed by atoms with Crippen LogP contribution in [0.15, 0.2) is 24.3 Å². The lowest BCUT2D eigenvalue weighted by Crippen LogP contribution is -2.13. The molecule has 0 aliphatic carbocycles. The number of nitrogens with one attached hydrogen (secondary N) is 2. The minimum atomic E-state index is -2.00. The van der Waals surface area contributed by atoms with Crippen LogP contribution in [0.3, 0.4) is 0 Å². The number of anilines is 3. The summed E-state index contributed by atoms with van der Waals surface area (Å²) in [5, 5.41) is 5.49. The molecule has 27 heavy (non-hydrogen) atoms. The topological polar surface area (TPSA) is 152 Å². The van der Waals surface area contributed by atoms with Crippen LogP contribution in [0.1, 0.15) is 11.1 Å². The molecule has 11 heteroatoms. The molecule has 0 aliphatic rings. The van der Waals surface area contributed by atoms with Gasteiger partial charge in [-0.15, -0.1) is 0 Å². The van der Waals surface area contributed by atoms with Crippen LogP contribution in [-0.2, 0) is 22.2 Å². The van der Waals surface area contributed by atoms with Crippen LogP contribution >= 0.6 is 8.38 Å². The molecule has 0 radical (unpaired) electrons. The molecule has 1 heterocycles. The van der Waals surface area contributed by atoms with Crippen LogP contribution < -0.4 is 21.1 Å². The number of benzene rings is 1. The molecule has 0 spiro atoms. The molecular weight excluding hydrogens is 373 g/mol. The third-order valence-corrected chi connectivity index (χ3v) is 4.06. The first-order valence-electron chi connectivity index (χ1n) is 8.00. The zero-order valence-corrected chi connectivity index (χ0v) is 15.6. The Morgan fingerprint density at radius 3 is 2.67 bits per heavy atom. The van der Waals surface area contributed by atoms with Crippen molar-refractivity contribution in [3.8, 4) is 6.01 Å². The summed E-state index contributed by atoms with van der Waals surface area (Å²) in [5.41, 5.74) is 7.88. The molecule has 0 aliphatic heterocycles. The van der Waals surface area contributed by atoms with Gasteiger partial charge in [0.2, 0.25) is 6.41 Å². The summed E-state index contributed by atoms with van der Waals surface area (Å²) in [7, 11) is -0.451. The highest BCUT2D eigenvalue weighted by Gasteiger charge is 2.13. The van der Waals surface area contributed by atoms with Gasteiger partial charge in [0.1, 0.15) is 12.3 Å². The van der Waals surface area contributed by atoms with Crippen molar-refractivity contribution in [2.45, 2.75) is 12.7 Å². The van der Waals surface area contributed by atoms with E-state index in [1.807, 2.05) is 24.3 Å². The van der Waals surface area contributed by atoms with Gasteiger partial charge in [0, 0.05) is 19.8 Å². The minimum Gasteiger partial charge on any atom is -0.461 e. The Bertz CT molecular complexity index is 762. The fourth-order valence-corrected chi connectivity index (χ4v) is 2.74. The van der Waals surface area contributed by atoms with E-state index < -0.39 is 8.38 Å². The second-order valence-corrected chi connectivity index (χ2v) is 6.49. The van der Waals surface area contributed by atoms with Crippen molar-refractivity contribution in [2.75, 3.05) is 36.7 Å². The smallest absolute Gasteiger partial charge is 0.320 e. The lowest BCUT2D eigenvalue weighted by molar-refractivity contribution is -0.105. The number of nitrogen functional groups attached to an aromatic ring is 1. The standard InChI is InChI=1S/C16H22N5O5P/c1-25-5-6-26-16-20-14(13(17)15(21-16)19-10-22)18-8-11-3-2-4-12(7-11)9-27(23)24/h2-4,7,10,23-24H,5-6,8-9,17H2,1H3,(H2,18,19,20,21,22). The summed E-state index contributed by atoms with van der Waals surface area (Å²) in [6.07, 6.45) is 0.663. The normalized spacial score (nSPS) is 10.7. The molecule has 0 unspecified atom stereocenters. The maximum atomic E-state index is 10.8. The predicted molar refractivity (Wildman–Crippen MR) is 102 cm³/mol. The van der Waals surface area contributed by atoms with Gasteiger partial charge in [0.05, 0.1) is 6.61 Å². The van der Waals surface area contributed by atoms with Crippen molar-refractivity contribution in [1.82, 2.24) is 9.97 Å². The van der Waals surface area contributed by atoms with Crippen molar-refractivity contribution >= 4 is 32.1 Å². The quantitative estimate of drug-likeness (QED) is 0.214. The maximum absolute atomic E-state index is 10.8. The van der Waals surface area contributed by atoms with Crippen LogP contribution in [0.2, 0.25) is 0 Å². The van der Waals surface area contributed by atoms with Crippen molar-refractivity contribution in [2.24, 2.45) is 0 Å². The number of rotatable bonds is 11. The number of amides is 1. The van der Waals surface area contributed by atoms with E-state index in [0.29, 0.717) is 25.4 Å². The maximum Gasteiger partial charge on any atom is 0.320 e. The Morgan fingerprint density at radius 1 is 1.22 bits per heavy atom. The molecule has 2 aromatic rings. The predicted octanol–water partition coefficient (Wildman–Crippen LogP) is 1.06. The number of nitrogens with two attached hydrogens (primary N) is 1. The number of methoxy groups -OCH3 is 1. The van der Waals surface area contributed by atoms with Gasteiger partial charge in [-0.3, -0.25) is 4.79 Å². The Labute approximate surface area is 157 Å². The van der Waals surface area contributed by atoms with Crippen molar-refractivity contribution in [3.05, 3.63) is 35.4 Å². The van der Waals surface area contributed by atoms with E-state index in [1.165, 1.54) is 0 Å². The molecule has 0 atom stereocenters. The summed E-state index contributed by atoms with van der Waals surface area (Å²) in [4.78, 5) is 37.3. The van der Waals surface area contributed by atoms with Gasteiger partial charge in [-0.25, -0.2) is 0 Å². The van der Waals surface area contributed by atoms with Crippen molar-refractivity contribution in [1.29, 1.82) is 0 Å². The lowest BCUT2D eigenvalue weighted by atomic mass is 10.1. The summed E-state index contributed by atoms with van der Waals surface area (Å²) >= 11 is 0. The summed E-state index contributed by atoms with van der Waals surface area (Å²) in [6, 6.07) is 7.43. The first kappa shape index (κ1) is 20.8. The van der Waals surface area contributed by atoms with E-state index in [4.69, 9.17) is 25.0 Å². The van der Waals surface area contributed by atoms with Crippen LogP contribution in [-0.4, -0.2) is 46.5 Å². The number of ether oxygens (including phenoxy) is 2. The van der Waals surface area contributed by atoms with Crippen molar-refractivity contribution < 1.29 is 24.1 Å². The number of nitrogens with zero attached hydrogens (tertiary/aromatic N) is 2. The first-order valence-corrected chi connectivity index (χ1v) is 9.43. The fourth-order valence-electron chi connectivity index (χ4n) is 2.22. The van der Waals surface area contributed by atoms with Crippen LogP contribution in [0.25, 0.3) is 0 Å². The van der Waals surface area contributed by atoms with Gasteiger partial charge >= 0.3 is 6.01 Å². The summed E-state index contributed by atoms with van der Waals surface area (Å²) in [5.74, 6) is 0.439. The molecule has 146 valence electrons. The number of aromatic nitrogens is 2. The van der Waals surface area contributed by atoms with Crippen LogP contribution in [0, 0.1) is 0 Å². The molecule has 0 fully saturated rings. The first-order chi connectivity index (χ1) is 13.0.